The summed E-state index contributed by atoms with van der Waals surface area (Å²) >= 11 is 5.88. The van der Waals surface area contributed by atoms with Crippen LogP contribution in [0.25, 0.3) is 10.8 Å². The Labute approximate surface area is 178 Å². The lowest BCUT2D eigenvalue weighted by Gasteiger charge is -2.34. The number of fused-ring (bicyclic) bond motifs is 1. The van der Waals surface area contributed by atoms with Gasteiger partial charge in [0.1, 0.15) is 6.54 Å². The summed E-state index contributed by atoms with van der Waals surface area (Å²) in [6.07, 6.45) is 0. The van der Waals surface area contributed by atoms with Gasteiger partial charge in [0.25, 0.3) is 11.5 Å². The first kappa shape index (κ1) is 20.1. The maximum absolute atomic E-state index is 12.8. The van der Waals surface area contributed by atoms with E-state index in [4.69, 9.17) is 11.6 Å². The molecule has 0 spiro atoms. The largest absolute Gasteiger partial charge is 0.338 e. The van der Waals surface area contributed by atoms with Gasteiger partial charge in [0.2, 0.25) is 5.91 Å². The molecule has 0 unspecified atom stereocenters. The third kappa shape index (κ3) is 3.93. The van der Waals surface area contributed by atoms with E-state index < -0.39 is 0 Å². The number of nitrogens with zero attached hydrogens (tertiary/aromatic N) is 4. The van der Waals surface area contributed by atoms with Crippen LogP contribution in [0.15, 0.2) is 53.3 Å². The second kappa shape index (κ2) is 8.28. The number of piperazine rings is 1. The Hall–Kier alpha value is -3.19. The van der Waals surface area contributed by atoms with E-state index in [0.29, 0.717) is 47.8 Å². The van der Waals surface area contributed by atoms with Gasteiger partial charge < -0.3 is 9.80 Å². The fourth-order valence-electron chi connectivity index (χ4n) is 3.67. The van der Waals surface area contributed by atoms with Gasteiger partial charge in [-0.05, 0) is 37.3 Å². The lowest BCUT2D eigenvalue weighted by atomic mass is 10.1. The Bertz CT molecular complexity index is 1170. The molecule has 8 heteroatoms. The number of benzene rings is 2. The highest BCUT2D eigenvalue weighted by atomic mass is 35.5. The Kier molecular flexibility index (Phi) is 5.55. The third-order valence-corrected chi connectivity index (χ3v) is 5.60. The van der Waals surface area contributed by atoms with Crippen molar-refractivity contribution in [1.82, 2.24) is 19.6 Å². The molecule has 3 aromatic rings. The van der Waals surface area contributed by atoms with Crippen LogP contribution in [0.3, 0.4) is 0 Å². The van der Waals surface area contributed by atoms with Crippen LogP contribution in [0.1, 0.15) is 16.1 Å². The predicted octanol–water partition coefficient (Wildman–Crippen LogP) is 2.34. The number of halogens is 1. The summed E-state index contributed by atoms with van der Waals surface area (Å²) in [7, 11) is 0. The van der Waals surface area contributed by atoms with Crippen LogP contribution in [0.4, 0.5) is 0 Å². The average molecular weight is 425 g/mol. The first-order valence-corrected chi connectivity index (χ1v) is 10.1. The molecule has 1 aliphatic rings. The Morgan fingerprint density at radius 2 is 1.53 bits per heavy atom. The fraction of sp³-hybridized carbons (Fsp3) is 0.273. The van der Waals surface area contributed by atoms with Crippen molar-refractivity contribution in [3.05, 3.63) is 75.2 Å². The Balaban J connectivity index is 1.42. The van der Waals surface area contributed by atoms with Crippen molar-refractivity contribution < 1.29 is 9.59 Å². The molecule has 7 nitrogen and oxygen atoms in total. The van der Waals surface area contributed by atoms with Gasteiger partial charge in [-0.15, -0.1) is 0 Å². The van der Waals surface area contributed by atoms with Crippen molar-refractivity contribution >= 4 is 34.2 Å². The summed E-state index contributed by atoms with van der Waals surface area (Å²) in [5.74, 6) is -0.264. The highest BCUT2D eigenvalue weighted by Gasteiger charge is 2.25. The number of rotatable bonds is 3. The van der Waals surface area contributed by atoms with E-state index in [0.717, 1.165) is 5.39 Å². The first-order valence-electron chi connectivity index (χ1n) is 9.73. The molecule has 0 bridgehead atoms. The van der Waals surface area contributed by atoms with Gasteiger partial charge >= 0.3 is 0 Å². The molecular formula is C22H21ClN4O3. The van der Waals surface area contributed by atoms with Crippen LogP contribution < -0.4 is 5.56 Å². The Morgan fingerprint density at radius 1 is 0.933 bits per heavy atom. The molecule has 1 aromatic heterocycles. The molecule has 1 fully saturated rings. The van der Waals surface area contributed by atoms with E-state index in [2.05, 4.69) is 5.10 Å². The number of aryl methyl sites for hydroxylation is 1. The van der Waals surface area contributed by atoms with E-state index >= 15 is 0 Å². The van der Waals surface area contributed by atoms with E-state index in [1.165, 1.54) is 4.68 Å². The molecule has 2 heterocycles. The van der Waals surface area contributed by atoms with Gasteiger partial charge in [-0.2, -0.15) is 5.10 Å². The molecule has 0 radical (unpaired) electrons. The molecule has 0 saturated carbocycles. The number of carbonyl (C=O) groups excluding carboxylic acids is 2. The van der Waals surface area contributed by atoms with Crippen molar-refractivity contribution in [2.45, 2.75) is 13.5 Å². The maximum Gasteiger partial charge on any atom is 0.275 e. The predicted molar refractivity (Wildman–Crippen MR) is 115 cm³/mol. The summed E-state index contributed by atoms with van der Waals surface area (Å²) in [4.78, 5) is 41.4. The van der Waals surface area contributed by atoms with Crippen molar-refractivity contribution in [3.63, 3.8) is 0 Å². The number of aromatic nitrogens is 2. The van der Waals surface area contributed by atoms with Crippen molar-refractivity contribution in [1.29, 1.82) is 0 Å². The topological polar surface area (TPSA) is 75.5 Å². The van der Waals surface area contributed by atoms with Gasteiger partial charge in [0, 0.05) is 42.2 Å². The highest BCUT2D eigenvalue weighted by Crippen LogP contribution is 2.14. The number of amides is 2. The van der Waals surface area contributed by atoms with Crippen LogP contribution in [0.5, 0.6) is 0 Å². The monoisotopic (exact) mass is 424 g/mol. The Morgan fingerprint density at radius 3 is 2.20 bits per heavy atom. The quantitative estimate of drug-likeness (QED) is 0.646. The number of hydrogen-bond acceptors (Lipinski definition) is 4. The standard InChI is InChI=1S/C22H21ClN4O3/c1-15-18-4-2-3-5-19(18)22(30)27(24-15)14-20(28)25-10-12-26(13-11-25)21(29)16-6-8-17(23)9-7-16/h2-9H,10-14H2,1H3. The van der Waals surface area contributed by atoms with Crippen LogP contribution >= 0.6 is 11.6 Å². The van der Waals surface area contributed by atoms with Gasteiger partial charge in [-0.3, -0.25) is 14.4 Å². The van der Waals surface area contributed by atoms with Gasteiger partial charge in [-0.25, -0.2) is 4.68 Å². The highest BCUT2D eigenvalue weighted by molar-refractivity contribution is 6.30. The van der Waals surface area contributed by atoms with Crippen molar-refractivity contribution in [3.8, 4) is 0 Å². The normalized spacial score (nSPS) is 14.2. The molecule has 1 aliphatic heterocycles. The lowest BCUT2D eigenvalue weighted by molar-refractivity contribution is -0.133. The van der Waals surface area contributed by atoms with Crippen LogP contribution in [0, 0.1) is 6.92 Å². The summed E-state index contributed by atoms with van der Waals surface area (Å²) in [5.41, 5.74) is 0.999. The van der Waals surface area contributed by atoms with Crippen molar-refractivity contribution in [2.24, 2.45) is 0 Å². The maximum atomic E-state index is 12.8. The minimum absolute atomic E-state index is 0.0817. The molecule has 2 amide bonds. The lowest BCUT2D eigenvalue weighted by Crippen LogP contribution is -2.51. The molecule has 0 aliphatic carbocycles. The van der Waals surface area contributed by atoms with E-state index in [1.807, 2.05) is 19.1 Å². The van der Waals surface area contributed by atoms with Gasteiger partial charge in [0.15, 0.2) is 0 Å². The van der Waals surface area contributed by atoms with E-state index in [1.54, 1.807) is 46.2 Å². The van der Waals surface area contributed by atoms with E-state index in [-0.39, 0.29) is 23.9 Å². The zero-order valence-corrected chi connectivity index (χ0v) is 17.3. The van der Waals surface area contributed by atoms with Crippen molar-refractivity contribution in [2.75, 3.05) is 26.2 Å². The van der Waals surface area contributed by atoms with E-state index in [9.17, 15) is 14.4 Å². The summed E-state index contributed by atoms with van der Waals surface area (Å²) < 4.78 is 1.23. The molecule has 4 rings (SSSR count). The fourth-order valence-corrected chi connectivity index (χ4v) is 3.80. The smallest absolute Gasteiger partial charge is 0.275 e. The molecule has 30 heavy (non-hydrogen) atoms. The zero-order chi connectivity index (χ0) is 21.3. The second-order valence-electron chi connectivity index (χ2n) is 7.27. The third-order valence-electron chi connectivity index (χ3n) is 5.35. The van der Waals surface area contributed by atoms with Crippen LogP contribution in [-0.2, 0) is 11.3 Å². The first-order chi connectivity index (χ1) is 14.4. The molecular weight excluding hydrogens is 404 g/mol. The molecule has 0 N–H and O–H groups in total. The molecule has 0 atom stereocenters. The van der Waals surface area contributed by atoms with Gasteiger partial charge in [0.05, 0.1) is 11.1 Å². The van der Waals surface area contributed by atoms with Crippen LogP contribution in [0.2, 0.25) is 5.02 Å². The number of carbonyl (C=O) groups is 2. The number of hydrogen-bond donors (Lipinski definition) is 0. The SMILES string of the molecule is Cc1nn(CC(=O)N2CCN(C(=O)c3ccc(Cl)cc3)CC2)c(=O)c2ccccc12. The summed E-state index contributed by atoms with van der Waals surface area (Å²) in [5, 5.41) is 6.23. The minimum Gasteiger partial charge on any atom is -0.338 e. The molecule has 1 saturated heterocycles. The summed E-state index contributed by atoms with van der Waals surface area (Å²) in [6.45, 7) is 3.41. The molecule has 154 valence electrons. The minimum atomic E-state index is -0.277. The second-order valence-corrected chi connectivity index (χ2v) is 7.71. The molecule has 2 aromatic carbocycles. The zero-order valence-electron chi connectivity index (χ0n) is 16.5. The van der Waals surface area contributed by atoms with Crippen LogP contribution in [-0.4, -0.2) is 57.6 Å². The average Bonchev–Trinajstić information content (AvgIpc) is 2.77. The summed E-state index contributed by atoms with van der Waals surface area (Å²) in [6, 6.07) is 14.0. The van der Waals surface area contributed by atoms with Gasteiger partial charge in [-0.1, -0.05) is 29.8 Å².